The van der Waals surface area contributed by atoms with Gasteiger partial charge in [0.25, 0.3) is 0 Å². The molecule has 2 aliphatic rings. The van der Waals surface area contributed by atoms with Crippen molar-refractivity contribution in [3.05, 3.63) is 96.1 Å². The Morgan fingerprint density at radius 2 is 1.03 bits per heavy atom. The topological polar surface area (TPSA) is 34.3 Å². The van der Waals surface area contributed by atoms with Crippen molar-refractivity contribution in [1.82, 2.24) is 0 Å². The molecule has 2 heterocycles. The van der Waals surface area contributed by atoms with E-state index in [1.165, 1.54) is 32.7 Å². The molecule has 3 nitrogen and oxygen atoms in total. The molecule has 0 spiro atoms. The van der Waals surface area contributed by atoms with E-state index < -0.39 is 11.2 Å². The lowest BCUT2D eigenvalue weighted by atomic mass is 9.78. The molecule has 4 unspecified atom stereocenters. The van der Waals surface area contributed by atoms with Gasteiger partial charge in [0.15, 0.2) is 0 Å². The molecule has 35 heavy (non-hydrogen) atoms. The van der Waals surface area contributed by atoms with Gasteiger partial charge in [-0.05, 0) is 45.5 Å². The number of hydrogen-bond donors (Lipinski definition) is 0. The maximum Gasteiger partial charge on any atom is 0.123 e. The molecule has 2 aliphatic heterocycles. The van der Waals surface area contributed by atoms with Crippen molar-refractivity contribution in [2.45, 2.75) is 62.9 Å². The van der Waals surface area contributed by atoms with Crippen LogP contribution >= 0.6 is 0 Å². The van der Waals surface area contributed by atoms with Gasteiger partial charge in [-0.15, -0.1) is 0 Å². The molecule has 4 atom stereocenters. The van der Waals surface area contributed by atoms with Gasteiger partial charge in [-0.2, -0.15) is 0 Å². The summed E-state index contributed by atoms with van der Waals surface area (Å²) < 4.78 is 19.9. The van der Waals surface area contributed by atoms with E-state index in [9.17, 15) is 0 Å². The van der Waals surface area contributed by atoms with Gasteiger partial charge < -0.3 is 14.2 Å². The summed E-state index contributed by atoms with van der Waals surface area (Å²) in [5.41, 5.74) is 1.38. The quantitative estimate of drug-likeness (QED) is 0.227. The number of ether oxygens (including phenoxy) is 3. The fraction of sp³-hybridized carbons (Fsp3) is 0.375. The smallest absolute Gasteiger partial charge is 0.123 e. The minimum Gasteiger partial charge on any atom is -0.370 e. The van der Waals surface area contributed by atoms with Crippen molar-refractivity contribution >= 4 is 21.5 Å². The lowest BCUT2D eigenvalue weighted by Crippen LogP contribution is -2.48. The first-order valence-electron chi connectivity index (χ1n) is 13.1. The molecule has 180 valence electrons. The Morgan fingerprint density at radius 3 is 1.43 bits per heavy atom. The Labute approximate surface area is 208 Å². The van der Waals surface area contributed by atoms with Crippen molar-refractivity contribution < 1.29 is 14.2 Å². The van der Waals surface area contributed by atoms with Gasteiger partial charge in [0.05, 0.1) is 13.2 Å². The number of fused-ring (bicyclic) bond motifs is 2. The van der Waals surface area contributed by atoms with Crippen LogP contribution in [-0.4, -0.2) is 25.4 Å². The van der Waals surface area contributed by atoms with Crippen LogP contribution in [0.3, 0.4) is 0 Å². The third-order valence-electron chi connectivity index (χ3n) is 7.81. The Balaban J connectivity index is 1.59. The van der Waals surface area contributed by atoms with Crippen LogP contribution in [0, 0.1) is 0 Å². The minimum atomic E-state index is -0.548. The molecule has 0 radical (unpaired) electrons. The third-order valence-corrected chi connectivity index (χ3v) is 7.81. The molecule has 2 fully saturated rings. The second kappa shape index (κ2) is 9.05. The van der Waals surface area contributed by atoms with Crippen molar-refractivity contribution in [3.8, 4) is 0 Å². The van der Waals surface area contributed by atoms with E-state index in [0.717, 1.165) is 38.9 Å². The normalized spacial score (nSPS) is 22.6. The zero-order valence-corrected chi connectivity index (χ0v) is 20.7. The second-order valence-corrected chi connectivity index (χ2v) is 10.1. The molecular formula is C32H34O3. The molecule has 4 aromatic rings. The zero-order chi connectivity index (χ0) is 23.9. The van der Waals surface area contributed by atoms with Crippen LogP contribution in [-0.2, 0) is 25.4 Å². The van der Waals surface area contributed by atoms with Gasteiger partial charge in [-0.1, -0.05) is 112 Å². The molecule has 2 saturated heterocycles. The van der Waals surface area contributed by atoms with E-state index in [4.69, 9.17) is 14.2 Å². The van der Waals surface area contributed by atoms with Gasteiger partial charge in [0, 0.05) is 0 Å². The van der Waals surface area contributed by atoms with Crippen molar-refractivity contribution in [1.29, 1.82) is 0 Å². The van der Waals surface area contributed by atoms with E-state index in [0.29, 0.717) is 0 Å². The molecule has 0 saturated carbocycles. The van der Waals surface area contributed by atoms with E-state index in [1.54, 1.807) is 0 Å². The molecule has 0 bridgehead atoms. The highest BCUT2D eigenvalue weighted by atomic mass is 16.6. The molecule has 0 N–H and O–H groups in total. The van der Waals surface area contributed by atoms with Gasteiger partial charge >= 0.3 is 0 Å². The highest BCUT2D eigenvalue weighted by Gasteiger charge is 2.58. The average Bonchev–Trinajstić information content (AvgIpc) is 3.80. The summed E-state index contributed by atoms with van der Waals surface area (Å²) in [5, 5.41) is 4.98. The SMILES string of the molecule is CCCC(OC(CCC)(c1cccc2ccccc12)C1CO1)(c1cccc2ccccc12)C1CO1. The first-order valence-corrected chi connectivity index (χ1v) is 13.1. The summed E-state index contributed by atoms with van der Waals surface area (Å²) in [4.78, 5) is 0. The summed E-state index contributed by atoms with van der Waals surface area (Å²) in [6.07, 6.45) is 3.89. The summed E-state index contributed by atoms with van der Waals surface area (Å²) in [6, 6.07) is 30.6. The second-order valence-electron chi connectivity index (χ2n) is 10.1. The van der Waals surface area contributed by atoms with Crippen molar-refractivity contribution in [2.24, 2.45) is 0 Å². The first kappa shape index (κ1) is 22.7. The summed E-state index contributed by atoms with van der Waals surface area (Å²) in [7, 11) is 0. The van der Waals surface area contributed by atoms with Crippen LogP contribution in [0.25, 0.3) is 21.5 Å². The molecular weight excluding hydrogens is 432 g/mol. The predicted molar refractivity (Wildman–Crippen MR) is 142 cm³/mol. The Bertz CT molecular complexity index is 1230. The highest BCUT2D eigenvalue weighted by molar-refractivity contribution is 5.87. The van der Waals surface area contributed by atoms with Crippen LogP contribution in [0.2, 0.25) is 0 Å². The van der Waals surface area contributed by atoms with Crippen molar-refractivity contribution in [3.63, 3.8) is 0 Å². The fourth-order valence-electron chi connectivity index (χ4n) is 6.17. The van der Waals surface area contributed by atoms with Gasteiger partial charge in [0.2, 0.25) is 0 Å². The lowest BCUT2D eigenvalue weighted by Gasteiger charge is -2.45. The van der Waals surface area contributed by atoms with Crippen LogP contribution in [0.15, 0.2) is 84.9 Å². The van der Waals surface area contributed by atoms with Crippen LogP contribution in [0.5, 0.6) is 0 Å². The fourth-order valence-corrected chi connectivity index (χ4v) is 6.17. The molecule has 6 rings (SSSR count). The first-order chi connectivity index (χ1) is 17.2. The zero-order valence-electron chi connectivity index (χ0n) is 20.7. The lowest BCUT2D eigenvalue weighted by molar-refractivity contribution is -0.195. The van der Waals surface area contributed by atoms with Crippen LogP contribution in [0.4, 0.5) is 0 Å². The Morgan fingerprint density at radius 1 is 0.629 bits per heavy atom. The number of epoxide rings is 2. The highest BCUT2D eigenvalue weighted by Crippen LogP contribution is 2.54. The molecule has 0 aliphatic carbocycles. The largest absolute Gasteiger partial charge is 0.370 e. The standard InChI is InChI=1S/C32H34O3/c1-3-19-31(29-21-33-29,27-17-9-13-23-11-5-7-15-25(23)27)35-32(20-4-2,30-22-34-30)28-18-10-14-24-12-6-8-16-26(24)28/h5-18,29-30H,3-4,19-22H2,1-2H3. The average molecular weight is 467 g/mol. The predicted octanol–water partition coefficient (Wildman–Crippen LogP) is 7.50. The van der Waals surface area contributed by atoms with E-state index in [-0.39, 0.29) is 12.2 Å². The van der Waals surface area contributed by atoms with Gasteiger partial charge in [-0.25, -0.2) is 0 Å². The molecule has 4 aromatic carbocycles. The molecule has 3 heteroatoms. The Hall–Kier alpha value is -2.72. The summed E-state index contributed by atoms with van der Waals surface area (Å²) in [5.74, 6) is 0. The summed E-state index contributed by atoms with van der Waals surface area (Å²) >= 11 is 0. The van der Waals surface area contributed by atoms with E-state index in [2.05, 4.69) is 98.8 Å². The maximum atomic E-state index is 7.69. The molecule has 0 amide bonds. The monoisotopic (exact) mass is 466 g/mol. The van der Waals surface area contributed by atoms with Gasteiger partial charge in [-0.3, -0.25) is 0 Å². The van der Waals surface area contributed by atoms with Crippen LogP contribution < -0.4 is 0 Å². The van der Waals surface area contributed by atoms with Crippen LogP contribution in [0.1, 0.15) is 50.7 Å². The van der Waals surface area contributed by atoms with E-state index >= 15 is 0 Å². The van der Waals surface area contributed by atoms with Gasteiger partial charge in [0.1, 0.15) is 23.4 Å². The van der Waals surface area contributed by atoms with Crippen molar-refractivity contribution in [2.75, 3.05) is 13.2 Å². The van der Waals surface area contributed by atoms with E-state index in [1.807, 2.05) is 0 Å². The number of benzene rings is 4. The number of hydrogen-bond acceptors (Lipinski definition) is 3. The number of rotatable bonds is 10. The summed E-state index contributed by atoms with van der Waals surface area (Å²) in [6.45, 7) is 5.95. The Kier molecular flexibility index (Phi) is 5.88. The maximum absolute atomic E-state index is 7.69. The third kappa shape index (κ3) is 3.87. The molecule has 0 aromatic heterocycles. The minimum absolute atomic E-state index is 0.0400.